The molecule has 0 saturated heterocycles. The van der Waals surface area contributed by atoms with Gasteiger partial charge in [0.05, 0.1) is 59.5 Å². The maximum absolute atomic E-state index is 5.63. The third kappa shape index (κ3) is 8.84. The summed E-state index contributed by atoms with van der Waals surface area (Å²) in [6, 6.07) is 23.3. The van der Waals surface area contributed by atoms with Gasteiger partial charge in [0.25, 0.3) is 0 Å². The second-order valence-corrected chi connectivity index (χ2v) is 14.8. The van der Waals surface area contributed by atoms with E-state index in [1.165, 1.54) is 0 Å². The summed E-state index contributed by atoms with van der Waals surface area (Å²) in [6.07, 6.45) is 7.09. The number of hydrogen-bond acceptors (Lipinski definition) is 14. The summed E-state index contributed by atoms with van der Waals surface area (Å²) in [4.78, 5) is 40.8. The Kier molecular flexibility index (Phi) is 12.1. The molecule has 2 aromatic carbocycles. The predicted octanol–water partition coefficient (Wildman–Crippen LogP) is 5.97. The van der Waals surface area contributed by atoms with Crippen LogP contribution in [0.25, 0.3) is 27.5 Å². The average Bonchev–Trinajstić information content (AvgIpc) is 4.11. The number of nitrogens with one attached hydrogen (secondary N) is 3. The average molecular weight is 888 g/mol. The van der Waals surface area contributed by atoms with Crippen LogP contribution in [0.4, 0.5) is 0 Å². The van der Waals surface area contributed by atoms with E-state index in [1.807, 2.05) is 109 Å². The fraction of sp³-hybridized carbons (Fsp3) is 0.238. The summed E-state index contributed by atoms with van der Waals surface area (Å²) in [6.45, 7) is 4.68. The molecule has 2 atom stereocenters. The topological polar surface area (TPSA) is 194 Å². The summed E-state index contributed by atoms with van der Waals surface area (Å²) >= 11 is 3.40. The molecule has 0 radical (unpaired) electrons. The molecule has 0 spiro atoms. The Morgan fingerprint density at radius 1 is 0.721 bits per heavy atom. The number of aromatic nitrogens is 10. The predicted molar refractivity (Wildman–Crippen MR) is 233 cm³/mol. The molecule has 2 aliphatic rings. The number of aryl methyl sites for hydroxylation is 4. The maximum Gasteiger partial charge on any atom is 0.238 e. The van der Waals surface area contributed by atoms with Gasteiger partial charge in [0.2, 0.25) is 11.8 Å². The summed E-state index contributed by atoms with van der Waals surface area (Å²) in [5, 5.41) is 11.5. The lowest BCUT2D eigenvalue weighted by Crippen LogP contribution is -2.33. The summed E-state index contributed by atoms with van der Waals surface area (Å²) in [5.41, 5.74) is 13.7. The van der Waals surface area contributed by atoms with Crippen molar-refractivity contribution < 1.29 is 19.1 Å². The lowest BCUT2D eigenvalue weighted by Gasteiger charge is -2.21. The van der Waals surface area contributed by atoms with Crippen LogP contribution in [0.3, 0.4) is 0 Å². The highest BCUT2D eigenvalue weighted by atomic mass is 79.9. The Hall–Kier alpha value is -6.96. The molecule has 312 valence electrons. The van der Waals surface area contributed by atoms with Gasteiger partial charge in [0.1, 0.15) is 42.4 Å². The van der Waals surface area contributed by atoms with Crippen LogP contribution in [-0.4, -0.2) is 88.2 Å². The van der Waals surface area contributed by atoms with Gasteiger partial charge in [-0.25, -0.2) is 30.9 Å². The fourth-order valence-corrected chi connectivity index (χ4v) is 7.18. The zero-order valence-electron chi connectivity index (χ0n) is 34.2. The van der Waals surface area contributed by atoms with Crippen LogP contribution >= 0.6 is 15.9 Å². The number of ether oxygens (including phenoxy) is 2. The smallest absolute Gasteiger partial charge is 0.238 e. The first kappa shape index (κ1) is 40.8. The van der Waals surface area contributed by atoms with E-state index in [4.69, 9.17) is 29.1 Å². The number of aromatic amines is 1. The van der Waals surface area contributed by atoms with Crippen LogP contribution < -0.4 is 20.4 Å². The number of benzene rings is 2. The van der Waals surface area contributed by atoms with E-state index in [9.17, 15) is 0 Å². The van der Waals surface area contributed by atoms with Crippen molar-refractivity contribution in [3.63, 3.8) is 0 Å². The van der Waals surface area contributed by atoms with Gasteiger partial charge in [-0.1, -0.05) is 36.4 Å². The number of aliphatic imine (C=N–C) groups is 2. The number of methoxy groups -OCH3 is 2. The molecule has 8 heterocycles. The van der Waals surface area contributed by atoms with Crippen LogP contribution in [0.1, 0.15) is 46.2 Å². The summed E-state index contributed by atoms with van der Waals surface area (Å²) in [7, 11) is 7.03. The van der Waals surface area contributed by atoms with E-state index < -0.39 is 0 Å². The first-order valence-electron chi connectivity index (χ1n) is 19.2. The number of H-pyrrole nitrogens is 1. The number of rotatable bonds is 7. The number of hydrogen-bond donors (Lipinski definition) is 3. The van der Waals surface area contributed by atoms with Crippen molar-refractivity contribution >= 4 is 49.4 Å². The molecule has 6 aromatic heterocycles. The zero-order valence-corrected chi connectivity index (χ0v) is 35.8. The highest BCUT2D eigenvalue weighted by molar-refractivity contribution is 9.10. The Morgan fingerprint density at radius 2 is 1.28 bits per heavy atom. The monoisotopic (exact) mass is 886 g/mol. The van der Waals surface area contributed by atoms with E-state index in [2.05, 4.69) is 74.1 Å². The number of amidine groups is 2. The van der Waals surface area contributed by atoms with Crippen molar-refractivity contribution in [1.29, 1.82) is 0 Å². The molecular weight excluding hydrogens is 844 g/mol. The molecule has 0 amide bonds. The molecule has 0 saturated carbocycles. The number of fused-ring (bicyclic) bond motifs is 2. The van der Waals surface area contributed by atoms with Crippen LogP contribution in [0, 0.1) is 13.8 Å². The second-order valence-electron chi connectivity index (χ2n) is 13.9. The molecule has 10 rings (SSSR count). The van der Waals surface area contributed by atoms with Gasteiger partial charge in [0.15, 0.2) is 11.7 Å². The number of imidazole rings is 2. The molecule has 0 aliphatic carbocycles. The molecule has 2 unspecified atom stereocenters. The van der Waals surface area contributed by atoms with Crippen molar-refractivity contribution in [1.82, 2.24) is 60.0 Å². The lowest BCUT2D eigenvalue weighted by atomic mass is 10.1. The molecule has 2 aliphatic heterocycles. The quantitative estimate of drug-likeness (QED) is 0.170. The highest BCUT2D eigenvalue weighted by Crippen LogP contribution is 2.30. The first-order valence-corrected chi connectivity index (χ1v) is 20.0. The molecule has 0 bridgehead atoms. The minimum absolute atomic E-state index is 0.209. The van der Waals surface area contributed by atoms with Gasteiger partial charge in [-0.05, 0) is 66.2 Å². The molecule has 18 nitrogen and oxygen atoms in total. The maximum atomic E-state index is 5.63. The van der Waals surface area contributed by atoms with Gasteiger partial charge in [-0.3, -0.25) is 29.0 Å². The van der Waals surface area contributed by atoms with Gasteiger partial charge >= 0.3 is 0 Å². The zero-order chi connectivity index (χ0) is 42.5. The van der Waals surface area contributed by atoms with Crippen LogP contribution in [0.15, 0.2) is 112 Å². The van der Waals surface area contributed by atoms with E-state index >= 15 is 0 Å². The van der Waals surface area contributed by atoms with Crippen molar-refractivity contribution in [2.45, 2.75) is 25.9 Å². The van der Waals surface area contributed by atoms with Crippen LogP contribution in [-0.2, 0) is 23.8 Å². The Labute approximate surface area is 358 Å². The van der Waals surface area contributed by atoms with Crippen molar-refractivity contribution in [2.24, 2.45) is 24.1 Å². The SMILES string of the molecule is COc1nc(C2=NC(c3nn(C)c4ccccc34)CON2)ccc1-n1cnc(C)c1.COc1nc(C2=NC(c3nn(C)c4ccccc34)CON2)ccc1Br.Cc1cnc[nH]1. The molecule has 0 fully saturated rings. The van der Waals surface area contributed by atoms with Gasteiger partial charge in [-0.15, -0.1) is 0 Å². The Morgan fingerprint density at radius 3 is 1.77 bits per heavy atom. The molecule has 61 heavy (non-hydrogen) atoms. The fourth-order valence-electron chi connectivity index (χ4n) is 6.80. The molecule has 19 heteroatoms. The third-order valence-corrected chi connectivity index (χ3v) is 10.3. The van der Waals surface area contributed by atoms with Gasteiger partial charge in [-0.2, -0.15) is 10.2 Å². The largest absolute Gasteiger partial charge is 0.480 e. The minimum Gasteiger partial charge on any atom is -0.480 e. The van der Waals surface area contributed by atoms with Gasteiger partial charge < -0.3 is 19.0 Å². The number of halogens is 1. The van der Waals surface area contributed by atoms with Gasteiger partial charge in [0, 0.05) is 43.0 Å². The van der Waals surface area contributed by atoms with Crippen molar-refractivity contribution in [2.75, 3.05) is 27.4 Å². The van der Waals surface area contributed by atoms with Crippen LogP contribution in [0.5, 0.6) is 11.8 Å². The third-order valence-electron chi connectivity index (χ3n) is 9.74. The summed E-state index contributed by atoms with van der Waals surface area (Å²) in [5.74, 6) is 2.05. The molecule has 3 N–H and O–H groups in total. The van der Waals surface area contributed by atoms with E-state index in [0.29, 0.717) is 48.0 Å². The molecule has 8 aromatic rings. The first-order chi connectivity index (χ1) is 29.7. The number of para-hydroxylation sites is 2. The highest BCUT2D eigenvalue weighted by Gasteiger charge is 2.26. The Balaban J connectivity index is 0.000000150. The number of hydroxylamine groups is 2. The van der Waals surface area contributed by atoms with E-state index in [0.717, 1.165) is 54.7 Å². The second kappa shape index (κ2) is 18.1. The summed E-state index contributed by atoms with van der Waals surface area (Å²) < 4.78 is 17.2. The van der Waals surface area contributed by atoms with E-state index in [1.54, 1.807) is 33.1 Å². The normalized spacial score (nSPS) is 16.0. The minimum atomic E-state index is -0.240. The standard InChI is InChI=1S/C21H21N7O2.C17H16BrN5O2.C4H6N2/c1-13-10-28(12-22-13)18-9-8-15(24-21(18)29-3)20-23-16(11-30-26-20)19-14-6-4-5-7-17(14)27(2)25-19;1-23-14-6-4-3-5-10(14)15(21-23)13-9-25-22-16(19-13)12-8-7-11(18)17(20-12)24-2;1-4-2-5-3-6-4/h4-10,12,16H,11H2,1-3H3,(H,23,26);3-8,13H,9H2,1-2H3,(H,19,22);2-3H,1H3,(H,5,6). The number of pyridine rings is 2. The van der Waals surface area contributed by atoms with Crippen molar-refractivity contribution in [3.8, 4) is 17.4 Å². The van der Waals surface area contributed by atoms with E-state index in [-0.39, 0.29) is 12.1 Å². The Bertz CT molecular complexity index is 2850. The molecular formula is C42H43BrN14O4. The number of nitrogens with zero attached hydrogens (tertiary/aromatic N) is 11. The van der Waals surface area contributed by atoms with Crippen molar-refractivity contribution in [3.05, 3.63) is 136 Å². The van der Waals surface area contributed by atoms with Crippen LogP contribution in [0.2, 0.25) is 0 Å². The lowest BCUT2D eigenvalue weighted by molar-refractivity contribution is 0.0614.